The monoisotopic (exact) mass is 269 g/mol. The molecule has 1 N–H and O–H groups in total. The fraction of sp³-hybridized carbons (Fsp3) is 0.333. The lowest BCUT2D eigenvalue weighted by atomic mass is 10.0. The maximum absolute atomic E-state index is 9.13. The Labute approximate surface area is 121 Å². The second-order valence-electron chi connectivity index (χ2n) is 5.39. The summed E-state index contributed by atoms with van der Waals surface area (Å²) in [4.78, 5) is 2.12. The smallest absolute Gasteiger partial charge is 0.0681 e. The zero-order chi connectivity index (χ0) is 14.4. The third-order valence-electron chi connectivity index (χ3n) is 3.56. The highest BCUT2D eigenvalue weighted by Crippen LogP contribution is 2.15. The van der Waals surface area contributed by atoms with Gasteiger partial charge in [-0.3, -0.25) is 0 Å². The molecule has 0 atom stereocenters. The van der Waals surface area contributed by atoms with Crippen molar-refractivity contribution in [2.75, 3.05) is 19.0 Å². The summed E-state index contributed by atoms with van der Waals surface area (Å²) < 4.78 is 0. The third kappa shape index (κ3) is 4.10. The first-order valence-electron chi connectivity index (χ1n) is 7.14. The fourth-order valence-electron chi connectivity index (χ4n) is 2.34. The van der Waals surface area contributed by atoms with Crippen LogP contribution in [-0.4, -0.2) is 19.2 Å². The summed E-state index contributed by atoms with van der Waals surface area (Å²) in [6.07, 6.45) is 3.29. The van der Waals surface area contributed by atoms with Gasteiger partial charge in [0.25, 0.3) is 0 Å². The van der Waals surface area contributed by atoms with Gasteiger partial charge in [-0.15, -0.1) is 0 Å². The molecule has 0 aliphatic heterocycles. The van der Waals surface area contributed by atoms with Gasteiger partial charge in [-0.2, -0.15) is 0 Å². The molecule has 0 aromatic heterocycles. The summed E-state index contributed by atoms with van der Waals surface area (Å²) >= 11 is 0. The number of benzene rings is 2. The Kier molecular flexibility index (Phi) is 5.19. The average molecular weight is 269 g/mol. The molecule has 20 heavy (non-hydrogen) atoms. The SMILES string of the molecule is CN(C)c1ccc(CCCc2cccc(CO)c2)cc1. The number of nitrogens with zero attached hydrogens (tertiary/aromatic N) is 1. The zero-order valence-corrected chi connectivity index (χ0v) is 12.3. The highest BCUT2D eigenvalue weighted by molar-refractivity contribution is 5.46. The van der Waals surface area contributed by atoms with Gasteiger partial charge in [0, 0.05) is 19.8 Å². The van der Waals surface area contributed by atoms with Crippen molar-refractivity contribution >= 4 is 5.69 Å². The Morgan fingerprint density at radius 2 is 1.50 bits per heavy atom. The number of anilines is 1. The van der Waals surface area contributed by atoms with Gasteiger partial charge in [0.2, 0.25) is 0 Å². The van der Waals surface area contributed by atoms with E-state index in [0.717, 1.165) is 24.8 Å². The third-order valence-corrected chi connectivity index (χ3v) is 3.56. The van der Waals surface area contributed by atoms with E-state index >= 15 is 0 Å². The maximum Gasteiger partial charge on any atom is 0.0681 e. The molecule has 2 aromatic carbocycles. The van der Waals surface area contributed by atoms with Gasteiger partial charge in [0.1, 0.15) is 0 Å². The zero-order valence-electron chi connectivity index (χ0n) is 12.3. The molecule has 2 rings (SSSR count). The molecule has 0 unspecified atom stereocenters. The quantitative estimate of drug-likeness (QED) is 0.868. The molecule has 2 aromatic rings. The molecule has 0 aliphatic rings. The predicted octanol–water partition coefficient (Wildman–Crippen LogP) is 3.42. The normalized spacial score (nSPS) is 10.6. The van der Waals surface area contributed by atoms with Gasteiger partial charge in [-0.1, -0.05) is 36.4 Å². The lowest BCUT2D eigenvalue weighted by Crippen LogP contribution is -2.08. The van der Waals surface area contributed by atoms with E-state index < -0.39 is 0 Å². The first kappa shape index (κ1) is 14.6. The number of rotatable bonds is 6. The lowest BCUT2D eigenvalue weighted by molar-refractivity contribution is 0.281. The molecule has 0 fully saturated rings. The van der Waals surface area contributed by atoms with E-state index in [2.05, 4.69) is 55.4 Å². The molecule has 106 valence electrons. The van der Waals surface area contributed by atoms with Gasteiger partial charge < -0.3 is 10.0 Å². The maximum atomic E-state index is 9.13. The van der Waals surface area contributed by atoms with Crippen LogP contribution in [0, 0.1) is 0 Å². The van der Waals surface area contributed by atoms with Gasteiger partial charge in [0.15, 0.2) is 0 Å². The fourth-order valence-corrected chi connectivity index (χ4v) is 2.34. The Morgan fingerprint density at radius 3 is 2.15 bits per heavy atom. The van der Waals surface area contributed by atoms with Crippen molar-refractivity contribution in [3.8, 4) is 0 Å². The Bertz CT molecular complexity index is 531. The topological polar surface area (TPSA) is 23.5 Å². The Hall–Kier alpha value is -1.80. The van der Waals surface area contributed by atoms with Crippen molar-refractivity contribution in [3.63, 3.8) is 0 Å². The van der Waals surface area contributed by atoms with E-state index in [-0.39, 0.29) is 6.61 Å². The van der Waals surface area contributed by atoms with Crippen LogP contribution in [-0.2, 0) is 19.4 Å². The van der Waals surface area contributed by atoms with Crippen molar-refractivity contribution < 1.29 is 5.11 Å². The van der Waals surface area contributed by atoms with Crippen molar-refractivity contribution in [2.24, 2.45) is 0 Å². The number of hydrogen-bond donors (Lipinski definition) is 1. The van der Waals surface area contributed by atoms with Crippen molar-refractivity contribution in [1.82, 2.24) is 0 Å². The molecular weight excluding hydrogens is 246 g/mol. The molecule has 0 aliphatic carbocycles. The minimum atomic E-state index is 0.125. The van der Waals surface area contributed by atoms with Crippen molar-refractivity contribution in [2.45, 2.75) is 25.9 Å². The minimum Gasteiger partial charge on any atom is -0.392 e. The molecule has 0 bridgehead atoms. The van der Waals surface area contributed by atoms with Crippen LogP contribution in [0.1, 0.15) is 23.1 Å². The molecular formula is C18H23NO. The van der Waals surface area contributed by atoms with Crippen molar-refractivity contribution in [3.05, 3.63) is 65.2 Å². The van der Waals surface area contributed by atoms with Crippen LogP contribution in [0.15, 0.2) is 48.5 Å². The van der Waals surface area contributed by atoms with Crippen LogP contribution < -0.4 is 4.90 Å². The first-order chi connectivity index (χ1) is 9.69. The molecule has 2 heteroatoms. The number of aliphatic hydroxyl groups is 1. The highest BCUT2D eigenvalue weighted by Gasteiger charge is 1.99. The predicted molar refractivity (Wildman–Crippen MR) is 85.2 cm³/mol. The largest absolute Gasteiger partial charge is 0.392 e. The van der Waals surface area contributed by atoms with E-state index in [4.69, 9.17) is 5.11 Å². The van der Waals surface area contributed by atoms with Gasteiger partial charge in [-0.05, 0) is 48.1 Å². The van der Waals surface area contributed by atoms with E-state index in [1.54, 1.807) is 0 Å². The van der Waals surface area contributed by atoms with Crippen LogP contribution in [0.25, 0.3) is 0 Å². The van der Waals surface area contributed by atoms with Crippen LogP contribution in [0.4, 0.5) is 5.69 Å². The Balaban J connectivity index is 1.86. The molecule has 0 amide bonds. The highest BCUT2D eigenvalue weighted by atomic mass is 16.3. The van der Waals surface area contributed by atoms with Crippen molar-refractivity contribution in [1.29, 1.82) is 0 Å². The van der Waals surface area contributed by atoms with Crippen LogP contribution in [0.5, 0.6) is 0 Å². The summed E-state index contributed by atoms with van der Waals surface area (Å²) in [5.74, 6) is 0. The Morgan fingerprint density at radius 1 is 0.850 bits per heavy atom. The van der Waals surface area contributed by atoms with Gasteiger partial charge in [-0.25, -0.2) is 0 Å². The first-order valence-corrected chi connectivity index (χ1v) is 7.14. The molecule has 0 spiro atoms. The number of hydrogen-bond acceptors (Lipinski definition) is 2. The van der Waals surface area contributed by atoms with Gasteiger partial charge >= 0.3 is 0 Å². The van der Waals surface area contributed by atoms with Gasteiger partial charge in [0.05, 0.1) is 6.61 Å². The summed E-state index contributed by atoms with van der Waals surface area (Å²) in [5.41, 5.74) is 4.93. The summed E-state index contributed by atoms with van der Waals surface area (Å²) in [5, 5.41) is 9.13. The van der Waals surface area contributed by atoms with Crippen LogP contribution in [0.3, 0.4) is 0 Å². The van der Waals surface area contributed by atoms with E-state index in [9.17, 15) is 0 Å². The molecule has 0 saturated carbocycles. The summed E-state index contributed by atoms with van der Waals surface area (Å²) in [6.45, 7) is 0.125. The van der Waals surface area contributed by atoms with E-state index in [1.807, 2.05) is 12.1 Å². The average Bonchev–Trinajstić information content (AvgIpc) is 2.48. The standard InChI is InChI=1S/C18H23NO/c1-19(2)18-11-9-15(10-12-18)5-3-6-16-7-4-8-17(13-16)14-20/h4,7-13,20H,3,5-6,14H2,1-2H3. The second kappa shape index (κ2) is 7.11. The molecule has 0 heterocycles. The van der Waals surface area contributed by atoms with Crippen LogP contribution in [0.2, 0.25) is 0 Å². The number of aliphatic hydroxyl groups excluding tert-OH is 1. The second-order valence-corrected chi connectivity index (χ2v) is 5.39. The molecule has 0 saturated heterocycles. The van der Waals surface area contributed by atoms with E-state index in [0.29, 0.717) is 0 Å². The summed E-state index contributed by atoms with van der Waals surface area (Å²) in [7, 11) is 4.12. The molecule has 0 radical (unpaired) electrons. The van der Waals surface area contributed by atoms with Crippen LogP contribution >= 0.6 is 0 Å². The minimum absolute atomic E-state index is 0.125. The van der Waals surface area contributed by atoms with E-state index in [1.165, 1.54) is 16.8 Å². The lowest BCUT2D eigenvalue weighted by Gasteiger charge is -2.12. The summed E-state index contributed by atoms with van der Waals surface area (Å²) in [6, 6.07) is 17.0. The number of aryl methyl sites for hydroxylation is 2. The molecule has 2 nitrogen and oxygen atoms in total.